The second kappa shape index (κ2) is 6.09. The monoisotopic (exact) mass is 386 g/mol. The number of nitro benzene ring substituents is 1. The maximum Gasteiger partial charge on any atom is 0.270 e. The van der Waals surface area contributed by atoms with Crippen LogP contribution in [0.5, 0.6) is 0 Å². The van der Waals surface area contributed by atoms with Gasteiger partial charge in [-0.2, -0.15) is 0 Å². The number of anilines is 1. The van der Waals surface area contributed by atoms with Gasteiger partial charge < -0.3 is 10.5 Å². The highest BCUT2D eigenvalue weighted by Crippen LogP contribution is 2.25. The topological polar surface area (TPSA) is 104 Å². The molecule has 0 atom stereocenters. The third kappa shape index (κ3) is 3.02. The zero-order chi connectivity index (χ0) is 14.7. The molecule has 2 aromatic rings. The van der Waals surface area contributed by atoms with Crippen LogP contribution in [0.25, 0.3) is 11.4 Å². The third-order valence-corrected chi connectivity index (χ3v) is 3.72. The van der Waals surface area contributed by atoms with Gasteiger partial charge in [-0.1, -0.05) is 12.1 Å². The Morgan fingerprint density at radius 2 is 2.20 bits per heavy atom. The summed E-state index contributed by atoms with van der Waals surface area (Å²) in [5.41, 5.74) is 7.02. The second-order valence-electron chi connectivity index (χ2n) is 3.93. The van der Waals surface area contributed by atoms with Gasteiger partial charge in [0.25, 0.3) is 5.69 Å². The number of rotatable bonds is 4. The SMILES string of the molecule is COCc1nc(-c2cccc([N+](=O)[O-])c2)nc(N)c1I. The molecule has 0 saturated carbocycles. The Balaban J connectivity index is 2.52. The zero-order valence-electron chi connectivity index (χ0n) is 10.5. The number of nitrogens with zero attached hydrogens (tertiary/aromatic N) is 3. The fraction of sp³-hybridized carbons (Fsp3) is 0.167. The molecule has 0 bridgehead atoms. The smallest absolute Gasteiger partial charge is 0.270 e. The first-order valence-corrected chi connectivity index (χ1v) is 6.66. The summed E-state index contributed by atoms with van der Waals surface area (Å²) in [6, 6.07) is 6.11. The van der Waals surface area contributed by atoms with Gasteiger partial charge in [-0.3, -0.25) is 10.1 Å². The standard InChI is InChI=1S/C12H11IN4O3/c1-20-6-9-10(13)11(14)16-12(15-9)7-3-2-4-8(5-7)17(18)19/h2-5H,6H2,1H3,(H2,14,15,16). The molecule has 1 heterocycles. The molecule has 0 unspecified atom stereocenters. The number of hydrogen-bond donors (Lipinski definition) is 1. The average Bonchev–Trinajstić information content (AvgIpc) is 2.44. The number of halogens is 1. The molecule has 2 N–H and O–H groups in total. The number of nitrogen functional groups attached to an aromatic ring is 1. The number of ether oxygens (including phenoxy) is 1. The lowest BCUT2D eigenvalue weighted by atomic mass is 10.2. The Hall–Kier alpha value is -1.81. The summed E-state index contributed by atoms with van der Waals surface area (Å²) in [5.74, 6) is 0.674. The van der Waals surface area contributed by atoms with E-state index in [1.165, 1.54) is 12.1 Å². The maximum absolute atomic E-state index is 10.8. The maximum atomic E-state index is 10.8. The fourth-order valence-electron chi connectivity index (χ4n) is 1.63. The first-order chi connectivity index (χ1) is 9.52. The molecular weight excluding hydrogens is 375 g/mol. The van der Waals surface area contributed by atoms with E-state index in [4.69, 9.17) is 10.5 Å². The third-order valence-electron chi connectivity index (χ3n) is 2.54. The van der Waals surface area contributed by atoms with Crippen LogP contribution in [0.3, 0.4) is 0 Å². The van der Waals surface area contributed by atoms with E-state index in [0.717, 1.165) is 3.57 Å². The minimum absolute atomic E-state index is 0.0171. The van der Waals surface area contributed by atoms with Crippen molar-refractivity contribution in [2.24, 2.45) is 0 Å². The molecule has 0 spiro atoms. The minimum atomic E-state index is -0.463. The van der Waals surface area contributed by atoms with E-state index in [1.54, 1.807) is 19.2 Å². The summed E-state index contributed by atoms with van der Waals surface area (Å²) in [6.07, 6.45) is 0. The van der Waals surface area contributed by atoms with E-state index < -0.39 is 4.92 Å². The first-order valence-electron chi connectivity index (χ1n) is 5.58. The number of nitro groups is 1. The van der Waals surface area contributed by atoms with Gasteiger partial charge in [0, 0.05) is 24.8 Å². The van der Waals surface area contributed by atoms with Crippen LogP contribution in [-0.2, 0) is 11.3 Å². The predicted molar refractivity (Wildman–Crippen MR) is 82.0 cm³/mol. The summed E-state index contributed by atoms with van der Waals surface area (Å²) in [7, 11) is 1.56. The van der Waals surface area contributed by atoms with E-state index >= 15 is 0 Å². The lowest BCUT2D eigenvalue weighted by molar-refractivity contribution is -0.384. The van der Waals surface area contributed by atoms with Gasteiger partial charge >= 0.3 is 0 Å². The quantitative estimate of drug-likeness (QED) is 0.492. The Kier molecular flexibility index (Phi) is 4.45. The van der Waals surface area contributed by atoms with Crippen molar-refractivity contribution in [2.45, 2.75) is 6.61 Å². The van der Waals surface area contributed by atoms with Crippen LogP contribution in [0.2, 0.25) is 0 Å². The zero-order valence-corrected chi connectivity index (χ0v) is 12.7. The summed E-state index contributed by atoms with van der Waals surface area (Å²) in [4.78, 5) is 18.8. The van der Waals surface area contributed by atoms with Crippen LogP contribution >= 0.6 is 22.6 Å². The van der Waals surface area contributed by atoms with Crippen LogP contribution in [0.4, 0.5) is 11.5 Å². The Bertz CT molecular complexity index is 663. The lowest BCUT2D eigenvalue weighted by Crippen LogP contribution is -2.06. The van der Waals surface area contributed by atoms with Crippen LogP contribution in [0.1, 0.15) is 5.69 Å². The first kappa shape index (κ1) is 14.6. The van der Waals surface area contributed by atoms with Gasteiger partial charge in [0.05, 0.1) is 20.8 Å². The average molecular weight is 386 g/mol. The van der Waals surface area contributed by atoms with Crippen LogP contribution in [0, 0.1) is 13.7 Å². The molecule has 1 aromatic carbocycles. The highest BCUT2D eigenvalue weighted by molar-refractivity contribution is 14.1. The predicted octanol–water partition coefficient (Wildman–Crippen LogP) is 2.39. The largest absolute Gasteiger partial charge is 0.383 e. The number of nitrogens with two attached hydrogens (primary N) is 1. The van der Waals surface area contributed by atoms with Crippen molar-refractivity contribution in [3.63, 3.8) is 0 Å². The van der Waals surface area contributed by atoms with Gasteiger partial charge in [-0.25, -0.2) is 9.97 Å². The van der Waals surface area contributed by atoms with E-state index in [-0.39, 0.29) is 5.69 Å². The molecule has 0 aliphatic heterocycles. The van der Waals surface area contributed by atoms with Crippen molar-refractivity contribution in [1.82, 2.24) is 9.97 Å². The molecule has 0 fully saturated rings. The summed E-state index contributed by atoms with van der Waals surface area (Å²) in [6.45, 7) is 0.299. The van der Waals surface area contributed by atoms with E-state index in [9.17, 15) is 10.1 Å². The highest BCUT2D eigenvalue weighted by atomic mass is 127. The molecule has 0 saturated heterocycles. The summed E-state index contributed by atoms with van der Waals surface area (Å²) in [5, 5.41) is 10.8. The van der Waals surface area contributed by atoms with Gasteiger partial charge in [0.2, 0.25) is 0 Å². The Morgan fingerprint density at radius 3 is 2.85 bits per heavy atom. The van der Waals surface area contributed by atoms with Crippen LogP contribution < -0.4 is 5.73 Å². The van der Waals surface area contributed by atoms with Crippen LogP contribution in [0.15, 0.2) is 24.3 Å². The normalized spacial score (nSPS) is 10.5. The van der Waals surface area contributed by atoms with Crippen molar-refractivity contribution in [2.75, 3.05) is 12.8 Å². The van der Waals surface area contributed by atoms with Crippen molar-refractivity contribution < 1.29 is 9.66 Å². The lowest BCUT2D eigenvalue weighted by Gasteiger charge is -2.08. The van der Waals surface area contributed by atoms with Crippen molar-refractivity contribution in [3.8, 4) is 11.4 Å². The van der Waals surface area contributed by atoms with Crippen molar-refractivity contribution in [1.29, 1.82) is 0 Å². The molecule has 2 rings (SSSR count). The summed E-state index contributed by atoms with van der Waals surface area (Å²) >= 11 is 2.04. The molecule has 1 aromatic heterocycles. The van der Waals surface area contributed by atoms with E-state index in [2.05, 4.69) is 9.97 Å². The second-order valence-corrected chi connectivity index (χ2v) is 5.01. The molecular formula is C12H11IN4O3. The molecule has 0 aliphatic rings. The van der Waals surface area contributed by atoms with E-state index in [0.29, 0.717) is 29.5 Å². The van der Waals surface area contributed by atoms with Crippen molar-refractivity contribution in [3.05, 3.63) is 43.6 Å². The minimum Gasteiger partial charge on any atom is -0.383 e. The Morgan fingerprint density at radius 1 is 1.45 bits per heavy atom. The van der Waals surface area contributed by atoms with Gasteiger partial charge in [-0.15, -0.1) is 0 Å². The Labute approximate surface area is 128 Å². The molecule has 0 amide bonds. The van der Waals surface area contributed by atoms with Crippen LogP contribution in [-0.4, -0.2) is 22.0 Å². The number of non-ortho nitro benzene ring substituents is 1. The van der Waals surface area contributed by atoms with E-state index in [1.807, 2.05) is 22.6 Å². The molecule has 0 radical (unpaired) electrons. The number of benzene rings is 1. The molecule has 0 aliphatic carbocycles. The van der Waals surface area contributed by atoms with Gasteiger partial charge in [-0.05, 0) is 22.6 Å². The molecule has 20 heavy (non-hydrogen) atoms. The summed E-state index contributed by atoms with van der Waals surface area (Å²) < 4.78 is 5.78. The van der Waals surface area contributed by atoms with Gasteiger partial charge in [0.1, 0.15) is 5.82 Å². The molecule has 8 heteroatoms. The van der Waals surface area contributed by atoms with Gasteiger partial charge in [0.15, 0.2) is 5.82 Å². The van der Waals surface area contributed by atoms with Crippen molar-refractivity contribution >= 4 is 34.1 Å². The molecule has 104 valence electrons. The highest BCUT2D eigenvalue weighted by Gasteiger charge is 2.13. The number of methoxy groups -OCH3 is 1. The number of aromatic nitrogens is 2. The fourth-order valence-corrected chi connectivity index (χ4v) is 2.03. The molecule has 7 nitrogen and oxygen atoms in total. The number of hydrogen-bond acceptors (Lipinski definition) is 6.